The summed E-state index contributed by atoms with van der Waals surface area (Å²) in [5, 5.41) is 9.18. The molecule has 5 rings (SSSR count). The molecule has 3 heterocycles. The fourth-order valence-corrected chi connectivity index (χ4v) is 5.54. The van der Waals surface area contributed by atoms with E-state index in [-0.39, 0.29) is 35.4 Å². The fourth-order valence-electron chi connectivity index (χ4n) is 5.02. The lowest BCUT2D eigenvalue weighted by molar-refractivity contribution is -0.137. The van der Waals surface area contributed by atoms with Crippen LogP contribution in [0.15, 0.2) is 23.0 Å². The number of benzene rings is 1. The van der Waals surface area contributed by atoms with E-state index in [2.05, 4.69) is 15.3 Å². The van der Waals surface area contributed by atoms with E-state index in [1.54, 1.807) is 22.9 Å². The highest BCUT2D eigenvalue weighted by molar-refractivity contribution is 6.36. The van der Waals surface area contributed by atoms with Crippen molar-refractivity contribution in [2.45, 2.75) is 57.4 Å². The summed E-state index contributed by atoms with van der Waals surface area (Å²) in [6.07, 6.45) is 7.20. The Hall–Kier alpha value is -2.45. The van der Waals surface area contributed by atoms with Crippen molar-refractivity contribution in [3.8, 4) is 0 Å². The number of amides is 1. The van der Waals surface area contributed by atoms with Gasteiger partial charge >= 0.3 is 0 Å². The molecule has 174 valence electrons. The van der Waals surface area contributed by atoms with Crippen LogP contribution < -0.4 is 5.56 Å². The molecule has 0 spiro atoms. The van der Waals surface area contributed by atoms with Crippen molar-refractivity contribution in [1.82, 2.24) is 29.9 Å². The maximum atomic E-state index is 13.1. The van der Waals surface area contributed by atoms with E-state index in [4.69, 9.17) is 28.2 Å². The number of nitrogens with one attached hydrogen (secondary N) is 1. The van der Waals surface area contributed by atoms with Gasteiger partial charge in [-0.2, -0.15) is 0 Å². The number of carbonyl (C=O) groups is 1. The predicted molar refractivity (Wildman–Crippen MR) is 127 cm³/mol. The van der Waals surface area contributed by atoms with Crippen molar-refractivity contribution in [2.75, 3.05) is 13.1 Å². The van der Waals surface area contributed by atoms with Crippen LogP contribution in [0.4, 0.5) is 0 Å². The quantitative estimate of drug-likeness (QED) is 0.594. The van der Waals surface area contributed by atoms with Crippen molar-refractivity contribution >= 4 is 40.3 Å². The molecule has 1 aromatic carbocycles. The van der Waals surface area contributed by atoms with E-state index in [9.17, 15) is 9.59 Å². The smallest absolute Gasteiger partial charge is 0.281 e. The molecule has 0 radical (unpaired) electrons. The molecule has 1 atom stereocenters. The molecule has 1 N–H and O–H groups in total. The average Bonchev–Trinajstić information content (AvgIpc) is 3.25. The number of H-pyrrole nitrogens is 1. The number of rotatable bonds is 4. The summed E-state index contributed by atoms with van der Waals surface area (Å²) < 4.78 is 1.55. The van der Waals surface area contributed by atoms with Gasteiger partial charge in [0.15, 0.2) is 11.2 Å². The van der Waals surface area contributed by atoms with Crippen molar-refractivity contribution in [1.29, 1.82) is 0 Å². The van der Waals surface area contributed by atoms with Crippen LogP contribution in [0, 0.1) is 5.92 Å². The zero-order valence-corrected chi connectivity index (χ0v) is 19.8. The minimum atomic E-state index is -0.331. The minimum absolute atomic E-state index is 0.0318. The molecule has 2 aromatic heterocycles. The zero-order chi connectivity index (χ0) is 22.9. The van der Waals surface area contributed by atoms with E-state index in [1.807, 2.05) is 4.90 Å². The average molecular weight is 489 g/mol. The van der Waals surface area contributed by atoms with Gasteiger partial charge in [-0.05, 0) is 37.8 Å². The molecule has 1 saturated heterocycles. The molecular formula is C23H26Cl2N6O2. The molecule has 1 saturated carbocycles. The molecule has 2 fully saturated rings. The van der Waals surface area contributed by atoms with Crippen LogP contribution in [0.2, 0.25) is 10.0 Å². The lowest BCUT2D eigenvalue weighted by Crippen LogP contribution is -2.43. The van der Waals surface area contributed by atoms with Gasteiger partial charge in [0.1, 0.15) is 5.82 Å². The highest BCUT2D eigenvalue weighted by atomic mass is 35.5. The summed E-state index contributed by atoms with van der Waals surface area (Å²) >= 11 is 12.6. The third-order valence-corrected chi connectivity index (χ3v) is 7.54. The topological polar surface area (TPSA) is 96.8 Å². The summed E-state index contributed by atoms with van der Waals surface area (Å²) in [6, 6.07) is 5.29. The number of aromatic nitrogens is 5. The molecule has 10 heteroatoms. The maximum absolute atomic E-state index is 13.1. The largest absolute Gasteiger partial charge is 0.342 e. The second-order valence-corrected chi connectivity index (χ2v) is 9.84. The van der Waals surface area contributed by atoms with Crippen LogP contribution in [0.3, 0.4) is 0 Å². The Morgan fingerprint density at radius 1 is 1.09 bits per heavy atom. The Balaban J connectivity index is 1.42. The molecule has 3 aromatic rings. The third-order valence-electron chi connectivity index (χ3n) is 6.84. The normalized spacial score (nSPS) is 19.8. The molecule has 2 aliphatic rings. The van der Waals surface area contributed by atoms with Gasteiger partial charge in [0.25, 0.3) is 5.56 Å². The van der Waals surface area contributed by atoms with Crippen LogP contribution in [0.25, 0.3) is 11.2 Å². The van der Waals surface area contributed by atoms with E-state index >= 15 is 0 Å². The van der Waals surface area contributed by atoms with E-state index < -0.39 is 0 Å². The molecular weight excluding hydrogens is 463 g/mol. The molecule has 0 bridgehead atoms. The Kier molecular flexibility index (Phi) is 6.38. The highest BCUT2D eigenvalue weighted by Crippen LogP contribution is 2.30. The Bertz CT molecular complexity index is 1210. The fraction of sp³-hybridized carbons (Fsp3) is 0.522. The van der Waals surface area contributed by atoms with Gasteiger partial charge in [0, 0.05) is 40.5 Å². The number of halogens is 2. The first kappa shape index (κ1) is 22.3. The molecule has 0 unspecified atom stereocenters. The lowest BCUT2D eigenvalue weighted by atomic mass is 9.87. The van der Waals surface area contributed by atoms with Gasteiger partial charge in [0.05, 0.1) is 6.54 Å². The standard InChI is InChI=1S/C23H26Cl2N6O2/c24-17-9-4-10-18(25)16(17)13-31-21-19(28-29-31)22(32)27-20(26-21)15-8-5-11-30(12-15)23(33)14-6-2-1-3-7-14/h4,9-10,14-15H,1-3,5-8,11-13H2,(H,26,27,32)/t15-/m0/s1. The third kappa shape index (κ3) is 4.51. The van der Waals surface area contributed by atoms with Gasteiger partial charge in [-0.1, -0.05) is 53.7 Å². The van der Waals surface area contributed by atoms with E-state index in [0.717, 1.165) is 45.1 Å². The SMILES string of the molecule is O=C(C1CCCCC1)N1CCC[C@H](c2nc3c(nnn3Cc3c(Cl)cccc3Cl)c(=O)[nH]2)C1. The van der Waals surface area contributed by atoms with Crippen LogP contribution in [-0.4, -0.2) is 48.9 Å². The second kappa shape index (κ2) is 9.43. The number of piperidine rings is 1. The Morgan fingerprint density at radius 3 is 2.61 bits per heavy atom. The number of hydrogen-bond acceptors (Lipinski definition) is 5. The van der Waals surface area contributed by atoms with Crippen LogP contribution in [0.1, 0.15) is 62.3 Å². The number of likely N-dealkylation sites (tertiary alicyclic amines) is 1. The molecule has 8 nitrogen and oxygen atoms in total. The van der Waals surface area contributed by atoms with E-state index in [1.165, 1.54) is 6.42 Å². The molecule has 1 amide bonds. The summed E-state index contributed by atoms with van der Waals surface area (Å²) in [5.74, 6) is 0.930. The first-order valence-electron chi connectivity index (χ1n) is 11.6. The summed E-state index contributed by atoms with van der Waals surface area (Å²) in [6.45, 7) is 1.59. The Morgan fingerprint density at radius 2 is 1.85 bits per heavy atom. The van der Waals surface area contributed by atoms with Gasteiger partial charge in [-0.25, -0.2) is 9.67 Å². The highest BCUT2D eigenvalue weighted by Gasteiger charge is 2.31. The first-order valence-corrected chi connectivity index (χ1v) is 12.3. The van der Waals surface area contributed by atoms with Crippen LogP contribution >= 0.6 is 23.2 Å². The van der Waals surface area contributed by atoms with Crippen LogP contribution in [0.5, 0.6) is 0 Å². The predicted octanol–water partition coefficient (Wildman–Crippen LogP) is 4.16. The number of fused-ring (bicyclic) bond motifs is 1. The molecule has 33 heavy (non-hydrogen) atoms. The Labute approximate surface area is 201 Å². The zero-order valence-electron chi connectivity index (χ0n) is 18.3. The van der Waals surface area contributed by atoms with Crippen molar-refractivity contribution in [3.05, 3.63) is 50.0 Å². The summed E-state index contributed by atoms with van der Waals surface area (Å²) in [7, 11) is 0. The van der Waals surface area contributed by atoms with Gasteiger partial charge in [-0.15, -0.1) is 5.10 Å². The van der Waals surface area contributed by atoms with Gasteiger partial charge in [-0.3, -0.25) is 9.59 Å². The van der Waals surface area contributed by atoms with E-state index in [0.29, 0.717) is 33.6 Å². The summed E-state index contributed by atoms with van der Waals surface area (Å²) in [4.78, 5) is 35.4. The van der Waals surface area contributed by atoms with Crippen molar-refractivity contribution in [3.63, 3.8) is 0 Å². The lowest BCUT2D eigenvalue weighted by Gasteiger charge is -2.35. The monoisotopic (exact) mass is 488 g/mol. The number of carbonyl (C=O) groups excluding carboxylic acids is 1. The number of hydrogen-bond donors (Lipinski definition) is 1. The molecule has 1 aliphatic carbocycles. The van der Waals surface area contributed by atoms with Crippen molar-refractivity contribution < 1.29 is 4.79 Å². The van der Waals surface area contributed by atoms with Gasteiger partial charge < -0.3 is 9.88 Å². The molecule has 1 aliphatic heterocycles. The minimum Gasteiger partial charge on any atom is -0.342 e. The van der Waals surface area contributed by atoms with Crippen molar-refractivity contribution in [2.24, 2.45) is 5.92 Å². The number of nitrogens with zero attached hydrogens (tertiary/aromatic N) is 5. The number of aromatic amines is 1. The first-order chi connectivity index (χ1) is 16.0. The summed E-state index contributed by atoms with van der Waals surface area (Å²) in [5.41, 5.74) is 0.925. The van der Waals surface area contributed by atoms with Crippen LogP contribution in [-0.2, 0) is 11.3 Å². The van der Waals surface area contributed by atoms with Gasteiger partial charge in [0.2, 0.25) is 5.91 Å². The second-order valence-electron chi connectivity index (χ2n) is 9.03. The maximum Gasteiger partial charge on any atom is 0.281 e.